The first kappa shape index (κ1) is 21.4. The number of alkyl halides is 1. The Balaban J connectivity index is 1.99. The number of hydrogen-bond acceptors (Lipinski definition) is 6. The molecule has 0 bridgehead atoms. The molecule has 0 radical (unpaired) electrons. The first-order valence-corrected chi connectivity index (χ1v) is 9.71. The minimum Gasteiger partial charge on any atom is -0.497 e. The van der Waals surface area contributed by atoms with E-state index in [-0.39, 0.29) is 52.4 Å². The van der Waals surface area contributed by atoms with Crippen LogP contribution in [-0.4, -0.2) is 36.5 Å². The van der Waals surface area contributed by atoms with Crippen molar-refractivity contribution in [2.75, 3.05) is 32.3 Å². The van der Waals surface area contributed by atoms with Gasteiger partial charge in [-0.05, 0) is 18.8 Å². The molecule has 1 atom stereocenters. The zero-order valence-electron chi connectivity index (χ0n) is 15.6. The van der Waals surface area contributed by atoms with Gasteiger partial charge in [0, 0.05) is 18.3 Å². The van der Waals surface area contributed by atoms with E-state index in [1.807, 2.05) is 6.07 Å². The van der Waals surface area contributed by atoms with Gasteiger partial charge in [0.05, 0.1) is 42.1 Å². The third kappa shape index (κ3) is 4.99. The van der Waals surface area contributed by atoms with Crippen LogP contribution in [0.4, 0.5) is 15.9 Å². The average Bonchev–Trinajstić information content (AvgIpc) is 3.54. The van der Waals surface area contributed by atoms with Gasteiger partial charge in [-0.15, -0.1) is 0 Å². The molecule has 29 heavy (non-hydrogen) atoms. The van der Waals surface area contributed by atoms with E-state index in [1.54, 1.807) is 12.1 Å². The summed E-state index contributed by atoms with van der Waals surface area (Å²) in [4.78, 5) is 17.2. The highest BCUT2D eigenvalue weighted by molar-refractivity contribution is 6.39. The second-order valence-electron chi connectivity index (χ2n) is 6.56. The molecule has 0 unspecified atom stereocenters. The Morgan fingerprint density at radius 1 is 1.41 bits per heavy atom. The molecule has 154 valence electrons. The van der Waals surface area contributed by atoms with Crippen LogP contribution in [0, 0.1) is 17.2 Å². The smallest absolute Gasteiger partial charge is 0.294 e. The molecule has 0 aliphatic heterocycles. The van der Waals surface area contributed by atoms with E-state index in [0.717, 1.165) is 12.8 Å². The molecule has 1 saturated carbocycles. The first-order chi connectivity index (χ1) is 14.0. The van der Waals surface area contributed by atoms with Crippen molar-refractivity contribution in [2.45, 2.75) is 18.9 Å². The number of nitriles is 1. The molecule has 0 saturated heterocycles. The van der Waals surface area contributed by atoms with Crippen LogP contribution in [0.25, 0.3) is 0 Å². The quantitative estimate of drug-likeness (QED) is 0.590. The normalized spacial score (nSPS) is 14.3. The maximum Gasteiger partial charge on any atom is 0.294 e. The van der Waals surface area contributed by atoms with Gasteiger partial charge in [0.15, 0.2) is 11.5 Å². The van der Waals surface area contributed by atoms with E-state index in [2.05, 4.69) is 10.3 Å². The van der Waals surface area contributed by atoms with Crippen LogP contribution in [0.3, 0.4) is 0 Å². The van der Waals surface area contributed by atoms with Crippen LogP contribution in [0.15, 0.2) is 23.1 Å². The Hall–Kier alpha value is -2.34. The molecule has 3 rings (SSSR count). The molecular formula is C19H19Cl2FN4O3. The zero-order valence-corrected chi connectivity index (χ0v) is 17.1. The second kappa shape index (κ2) is 9.44. The highest BCUT2D eigenvalue weighted by atomic mass is 35.5. The highest BCUT2D eigenvalue weighted by Gasteiger charge is 2.34. The van der Waals surface area contributed by atoms with Crippen LogP contribution < -0.4 is 15.6 Å². The maximum atomic E-state index is 13.1. The number of ether oxygens (including phenoxy) is 2. The standard InChI is InChI=1S/C19H19Cl2FN4O3/c1-28-13-6-14(20)17(15(21)7-13)25-18-19(27)26(9-12(8-23)24-18)16(11-2-3-11)10-29-5-4-22/h6-7,9,11,16H,2-5,10H2,1H3,(H,24,25)/t16-/m0/s1. The Labute approximate surface area is 177 Å². The van der Waals surface area contributed by atoms with Gasteiger partial charge >= 0.3 is 0 Å². The number of methoxy groups -OCH3 is 1. The number of nitrogens with one attached hydrogen (secondary N) is 1. The first-order valence-electron chi connectivity index (χ1n) is 8.95. The fourth-order valence-electron chi connectivity index (χ4n) is 2.98. The van der Waals surface area contributed by atoms with Crippen LogP contribution in [0.5, 0.6) is 5.75 Å². The van der Waals surface area contributed by atoms with Crippen LogP contribution >= 0.6 is 23.2 Å². The molecule has 7 nitrogen and oxygen atoms in total. The van der Waals surface area contributed by atoms with Crippen molar-refractivity contribution in [3.63, 3.8) is 0 Å². The third-order valence-corrected chi connectivity index (χ3v) is 5.17. The third-order valence-electron chi connectivity index (χ3n) is 4.57. The summed E-state index contributed by atoms with van der Waals surface area (Å²) >= 11 is 12.5. The number of aromatic nitrogens is 2. The molecule has 1 heterocycles. The lowest BCUT2D eigenvalue weighted by Gasteiger charge is -2.20. The summed E-state index contributed by atoms with van der Waals surface area (Å²) in [6.45, 7) is -0.476. The van der Waals surface area contributed by atoms with E-state index >= 15 is 0 Å². The van der Waals surface area contributed by atoms with Crippen LogP contribution in [0.1, 0.15) is 24.6 Å². The van der Waals surface area contributed by atoms with Crippen LogP contribution in [-0.2, 0) is 4.74 Å². The Kier molecular flexibility index (Phi) is 6.96. The summed E-state index contributed by atoms with van der Waals surface area (Å²) in [5.41, 5.74) is -0.131. The molecule has 1 N–H and O–H groups in total. The predicted octanol–water partition coefficient (Wildman–Crippen LogP) is 4.11. The molecule has 0 spiro atoms. The Morgan fingerprint density at radius 3 is 2.66 bits per heavy atom. The maximum absolute atomic E-state index is 13.1. The predicted molar refractivity (Wildman–Crippen MR) is 108 cm³/mol. The molecule has 0 amide bonds. The molecule has 1 aliphatic carbocycles. The summed E-state index contributed by atoms with van der Waals surface area (Å²) in [6, 6.07) is 4.72. The van der Waals surface area contributed by atoms with Crippen molar-refractivity contribution in [3.8, 4) is 11.8 Å². The fraction of sp³-hybridized carbons (Fsp3) is 0.421. The average molecular weight is 441 g/mol. The zero-order chi connectivity index (χ0) is 21.0. The van der Waals surface area contributed by atoms with Crippen molar-refractivity contribution in [1.82, 2.24) is 9.55 Å². The monoisotopic (exact) mass is 440 g/mol. The molecule has 1 aliphatic rings. The minimum absolute atomic E-state index is 0.0453. The summed E-state index contributed by atoms with van der Waals surface area (Å²) in [6.07, 6.45) is 3.25. The SMILES string of the molecule is COc1cc(Cl)c(Nc2nc(C#N)cn([C@@H](COCCF)C3CC3)c2=O)c(Cl)c1. The van der Waals surface area contributed by atoms with Gasteiger partial charge in [0.25, 0.3) is 5.56 Å². The number of nitrogens with zero attached hydrogens (tertiary/aromatic N) is 3. The lowest BCUT2D eigenvalue weighted by Crippen LogP contribution is -2.31. The number of hydrogen-bond donors (Lipinski definition) is 1. The lowest BCUT2D eigenvalue weighted by atomic mass is 10.2. The topological polar surface area (TPSA) is 89.2 Å². The van der Waals surface area contributed by atoms with Crippen molar-refractivity contribution in [2.24, 2.45) is 5.92 Å². The summed E-state index contributed by atoms with van der Waals surface area (Å²) in [7, 11) is 1.48. The highest BCUT2D eigenvalue weighted by Crippen LogP contribution is 2.40. The van der Waals surface area contributed by atoms with E-state index in [9.17, 15) is 14.4 Å². The van der Waals surface area contributed by atoms with Gasteiger partial charge in [-0.1, -0.05) is 23.2 Å². The Bertz CT molecular complexity index is 965. The summed E-state index contributed by atoms with van der Waals surface area (Å²) in [5, 5.41) is 12.7. The largest absolute Gasteiger partial charge is 0.497 e. The van der Waals surface area contributed by atoms with Gasteiger partial charge in [-0.25, -0.2) is 9.37 Å². The molecule has 10 heteroatoms. The molecule has 1 fully saturated rings. The van der Waals surface area contributed by atoms with Gasteiger partial charge in [0.1, 0.15) is 18.5 Å². The minimum atomic E-state index is -0.604. The van der Waals surface area contributed by atoms with Gasteiger partial charge in [0.2, 0.25) is 0 Å². The van der Waals surface area contributed by atoms with E-state index in [4.69, 9.17) is 32.7 Å². The van der Waals surface area contributed by atoms with Crippen molar-refractivity contribution in [3.05, 3.63) is 44.4 Å². The van der Waals surface area contributed by atoms with Crippen molar-refractivity contribution in [1.29, 1.82) is 5.26 Å². The van der Waals surface area contributed by atoms with Gasteiger partial charge in [-0.2, -0.15) is 5.26 Å². The molecule has 2 aromatic rings. The van der Waals surface area contributed by atoms with Crippen molar-refractivity contribution < 1.29 is 13.9 Å². The molecular weight excluding hydrogens is 422 g/mol. The van der Waals surface area contributed by atoms with E-state index in [0.29, 0.717) is 5.75 Å². The fourth-order valence-corrected chi connectivity index (χ4v) is 3.54. The second-order valence-corrected chi connectivity index (χ2v) is 7.37. The van der Waals surface area contributed by atoms with Crippen LogP contribution in [0.2, 0.25) is 10.0 Å². The van der Waals surface area contributed by atoms with Crippen molar-refractivity contribution >= 4 is 34.7 Å². The summed E-state index contributed by atoms with van der Waals surface area (Å²) in [5.74, 6) is 0.594. The lowest BCUT2D eigenvalue weighted by molar-refractivity contribution is 0.0833. The summed E-state index contributed by atoms with van der Waals surface area (Å²) < 4.78 is 24.3. The van der Waals surface area contributed by atoms with Gasteiger partial charge in [-0.3, -0.25) is 4.79 Å². The molecule has 1 aromatic heterocycles. The number of rotatable bonds is 9. The van der Waals surface area contributed by atoms with E-state index in [1.165, 1.54) is 17.9 Å². The number of anilines is 2. The van der Waals surface area contributed by atoms with Gasteiger partial charge < -0.3 is 19.4 Å². The number of halogens is 3. The molecule has 1 aromatic carbocycles. The number of benzene rings is 1. The van der Waals surface area contributed by atoms with E-state index < -0.39 is 12.2 Å². The Morgan fingerprint density at radius 2 is 2.10 bits per heavy atom.